The first kappa shape index (κ1) is 21.2. The van der Waals surface area contributed by atoms with Gasteiger partial charge in [0.05, 0.1) is 5.56 Å². The van der Waals surface area contributed by atoms with Gasteiger partial charge in [-0.2, -0.15) is 10.8 Å². The molecule has 0 saturated carbocycles. The molecule has 30 heavy (non-hydrogen) atoms. The molecule has 2 aromatic rings. The van der Waals surface area contributed by atoms with Gasteiger partial charge in [0.25, 0.3) is 12.3 Å². The Morgan fingerprint density at radius 2 is 2.10 bits per heavy atom. The monoisotopic (exact) mass is 411 g/mol. The van der Waals surface area contributed by atoms with Crippen molar-refractivity contribution in [2.24, 2.45) is 0 Å². The van der Waals surface area contributed by atoms with Crippen LogP contribution >= 0.6 is 0 Å². The third kappa shape index (κ3) is 5.97. The highest BCUT2D eigenvalue weighted by Crippen LogP contribution is 2.24. The Balaban J connectivity index is 1.50. The minimum Gasteiger partial charge on any atom is -0.683 e. The van der Waals surface area contributed by atoms with Crippen molar-refractivity contribution in [3.8, 4) is 0 Å². The summed E-state index contributed by atoms with van der Waals surface area (Å²) in [5.41, 5.74) is 3.78. The maximum Gasteiger partial charge on any atom is 0.296 e. The van der Waals surface area contributed by atoms with Crippen LogP contribution in [-0.4, -0.2) is 34.7 Å². The number of hydrogen-bond acceptors (Lipinski definition) is 3. The van der Waals surface area contributed by atoms with Crippen LogP contribution in [0.5, 0.6) is 0 Å². The number of benzene rings is 1. The smallest absolute Gasteiger partial charge is 0.296 e. The lowest BCUT2D eigenvalue weighted by atomic mass is 10.1. The highest BCUT2D eigenvalue weighted by atomic mass is 19.3. The number of rotatable bonds is 9. The van der Waals surface area contributed by atoms with Crippen LogP contribution in [-0.2, 0) is 0 Å². The quantitative estimate of drug-likeness (QED) is 0.603. The van der Waals surface area contributed by atoms with Gasteiger partial charge in [-0.3, -0.25) is 9.78 Å². The van der Waals surface area contributed by atoms with Gasteiger partial charge in [-0.15, -0.1) is 0 Å². The summed E-state index contributed by atoms with van der Waals surface area (Å²) in [7, 11) is 0. The highest BCUT2D eigenvalue weighted by molar-refractivity contribution is 6.04. The fourth-order valence-electron chi connectivity index (χ4n) is 2.84. The molecule has 1 aliphatic heterocycles. The Kier molecular flexibility index (Phi) is 6.90. The summed E-state index contributed by atoms with van der Waals surface area (Å²) in [6.45, 7) is 3.52. The maximum atomic E-state index is 12.4. The number of aryl methyl sites for hydroxylation is 1. The van der Waals surface area contributed by atoms with E-state index in [0.717, 1.165) is 16.8 Å². The SMILES string of the molecule is Cc1cncc(C(=O)Nc2cccc(C(C)[N-]C=CNC3=C[N+](CC(F)F)=C3)c2)c1. The number of allylic oxidation sites excluding steroid dienone is 1. The van der Waals surface area contributed by atoms with Crippen molar-refractivity contribution in [2.45, 2.75) is 26.3 Å². The molecule has 8 heteroatoms. The van der Waals surface area contributed by atoms with Gasteiger partial charge in [-0.1, -0.05) is 30.7 Å². The first-order valence-electron chi connectivity index (χ1n) is 9.46. The molecule has 0 bridgehead atoms. The minimum atomic E-state index is -2.36. The van der Waals surface area contributed by atoms with Crippen molar-refractivity contribution < 1.29 is 18.2 Å². The summed E-state index contributed by atoms with van der Waals surface area (Å²) < 4.78 is 25.9. The molecule has 2 N–H and O–H groups in total. The van der Waals surface area contributed by atoms with Crippen LogP contribution in [0.15, 0.2) is 67.0 Å². The molecule has 0 aliphatic carbocycles. The van der Waals surface area contributed by atoms with Gasteiger partial charge in [0.15, 0.2) is 18.1 Å². The van der Waals surface area contributed by atoms with Crippen molar-refractivity contribution in [1.82, 2.24) is 10.3 Å². The summed E-state index contributed by atoms with van der Waals surface area (Å²) in [6.07, 6.45) is 7.35. The molecular formula is C22H23F2N5O. The minimum absolute atomic E-state index is 0.129. The second-order valence-corrected chi connectivity index (χ2v) is 6.92. The lowest BCUT2D eigenvalue weighted by molar-refractivity contribution is -0.478. The molecule has 0 saturated heterocycles. The van der Waals surface area contributed by atoms with E-state index in [4.69, 9.17) is 0 Å². The Bertz CT molecular complexity index is 1000. The summed E-state index contributed by atoms with van der Waals surface area (Å²) in [4.78, 5) is 16.4. The van der Waals surface area contributed by atoms with Crippen molar-refractivity contribution in [2.75, 3.05) is 11.9 Å². The van der Waals surface area contributed by atoms with Crippen molar-refractivity contribution >= 4 is 17.8 Å². The standard InChI is InChI=1S/C22H23F2N5O/c1-15-8-18(11-25-10-15)22(30)28-19-5-3-4-17(9-19)16(2)26-6-7-27-20-12-29(13-20)14-21(23)24/h3-13,16,21,27H,14H2,1-2H3,(H,28,30). The predicted molar refractivity (Wildman–Crippen MR) is 113 cm³/mol. The molecule has 1 unspecified atom stereocenters. The molecule has 1 atom stereocenters. The van der Waals surface area contributed by atoms with Gasteiger partial charge in [0, 0.05) is 18.1 Å². The van der Waals surface area contributed by atoms with E-state index in [1.165, 1.54) is 10.8 Å². The predicted octanol–water partition coefficient (Wildman–Crippen LogP) is 4.34. The first-order chi connectivity index (χ1) is 14.4. The van der Waals surface area contributed by atoms with Gasteiger partial charge in [-0.25, -0.2) is 8.78 Å². The van der Waals surface area contributed by atoms with Crippen LogP contribution < -0.4 is 10.6 Å². The highest BCUT2D eigenvalue weighted by Gasteiger charge is 2.19. The van der Waals surface area contributed by atoms with Crippen LogP contribution in [0.25, 0.3) is 5.32 Å². The molecule has 1 aliphatic rings. The van der Waals surface area contributed by atoms with Crippen LogP contribution in [0, 0.1) is 6.92 Å². The van der Waals surface area contributed by atoms with E-state index >= 15 is 0 Å². The van der Waals surface area contributed by atoms with E-state index in [0.29, 0.717) is 11.3 Å². The molecule has 3 rings (SSSR count). The summed E-state index contributed by atoms with van der Waals surface area (Å²) in [5.74, 6) is -0.219. The van der Waals surface area contributed by atoms with Crippen LogP contribution in [0.1, 0.15) is 34.5 Å². The Morgan fingerprint density at radius 3 is 2.83 bits per heavy atom. The summed E-state index contributed by atoms with van der Waals surface area (Å²) in [5, 5.41) is 10.3. The normalized spacial score (nSPS) is 14.0. The number of alkyl halides is 2. The largest absolute Gasteiger partial charge is 0.683 e. The van der Waals surface area contributed by atoms with Gasteiger partial charge in [0.2, 0.25) is 6.54 Å². The van der Waals surface area contributed by atoms with Crippen LogP contribution in [0.3, 0.4) is 0 Å². The van der Waals surface area contributed by atoms with E-state index in [-0.39, 0.29) is 18.5 Å². The number of pyridine rings is 1. The van der Waals surface area contributed by atoms with E-state index < -0.39 is 6.43 Å². The molecule has 156 valence electrons. The van der Waals surface area contributed by atoms with Gasteiger partial charge in [0.1, 0.15) is 0 Å². The molecule has 1 aromatic carbocycles. The summed E-state index contributed by atoms with van der Waals surface area (Å²) in [6, 6.07) is 9.14. The number of nitrogens with zero attached hydrogens (tertiary/aromatic N) is 3. The van der Waals surface area contributed by atoms with Gasteiger partial charge in [-0.05, 0) is 36.9 Å². The molecule has 6 nitrogen and oxygen atoms in total. The molecule has 1 aromatic heterocycles. The number of carbonyl (C=O) groups excluding carboxylic acids is 1. The third-order valence-electron chi connectivity index (χ3n) is 4.36. The van der Waals surface area contributed by atoms with E-state index in [2.05, 4.69) is 20.9 Å². The number of carbonyl (C=O) groups is 1. The zero-order valence-electron chi connectivity index (χ0n) is 16.7. The zero-order valence-corrected chi connectivity index (χ0v) is 16.7. The van der Waals surface area contributed by atoms with Crippen molar-refractivity contribution in [3.05, 3.63) is 89.0 Å². The fraction of sp³-hybridized carbons (Fsp3) is 0.227. The number of aromatic nitrogens is 1. The second kappa shape index (κ2) is 9.78. The maximum absolute atomic E-state index is 12.4. The van der Waals surface area contributed by atoms with Gasteiger partial charge >= 0.3 is 0 Å². The van der Waals surface area contributed by atoms with Crippen molar-refractivity contribution in [3.63, 3.8) is 0 Å². The Morgan fingerprint density at radius 1 is 1.30 bits per heavy atom. The first-order valence-corrected chi connectivity index (χ1v) is 9.46. The number of amides is 1. The third-order valence-corrected chi connectivity index (χ3v) is 4.36. The Hall–Kier alpha value is -3.55. The molecule has 0 radical (unpaired) electrons. The van der Waals surface area contributed by atoms with E-state index in [9.17, 15) is 13.6 Å². The molecule has 0 spiro atoms. The van der Waals surface area contributed by atoms with Gasteiger partial charge < -0.3 is 16.0 Å². The number of hydrogen-bond donors (Lipinski definition) is 2. The van der Waals surface area contributed by atoms with E-state index in [1.807, 2.05) is 38.1 Å². The number of halogens is 2. The lowest BCUT2D eigenvalue weighted by Gasteiger charge is -2.26. The zero-order chi connectivity index (χ0) is 21.5. The van der Waals surface area contributed by atoms with Crippen LogP contribution in [0.4, 0.5) is 14.5 Å². The second-order valence-electron chi connectivity index (χ2n) is 6.92. The lowest BCUT2D eigenvalue weighted by Crippen LogP contribution is -2.27. The fourth-order valence-corrected chi connectivity index (χ4v) is 2.84. The molecular weight excluding hydrogens is 388 g/mol. The topological polar surface area (TPSA) is 71.1 Å². The molecule has 1 amide bonds. The number of anilines is 1. The average Bonchev–Trinajstić information content (AvgIpc) is 2.68. The number of nitrogens with one attached hydrogen (secondary N) is 2. The van der Waals surface area contributed by atoms with Crippen LogP contribution in [0.2, 0.25) is 0 Å². The Labute approximate surface area is 174 Å². The summed E-state index contributed by atoms with van der Waals surface area (Å²) >= 11 is 0. The molecule has 2 heterocycles. The van der Waals surface area contributed by atoms with E-state index in [1.54, 1.807) is 37.1 Å². The molecule has 0 fully saturated rings. The van der Waals surface area contributed by atoms with Crippen molar-refractivity contribution in [1.29, 1.82) is 0 Å². The average molecular weight is 411 g/mol.